The zero-order valence-corrected chi connectivity index (χ0v) is 24.7. The summed E-state index contributed by atoms with van der Waals surface area (Å²) in [6.07, 6.45) is -2.30. The molecule has 6 N–H and O–H groups in total. The summed E-state index contributed by atoms with van der Waals surface area (Å²) in [6.45, 7) is 2.93. The van der Waals surface area contributed by atoms with Crippen molar-refractivity contribution in [3.8, 4) is 5.75 Å². The molecule has 0 spiro atoms. The number of esters is 1. The number of aliphatic hydroxyl groups is 2. The van der Waals surface area contributed by atoms with E-state index in [1.54, 1.807) is 32.0 Å². The molecule has 5 rings (SSSR count). The zero-order chi connectivity index (χ0) is 30.9. The van der Waals surface area contributed by atoms with Crippen molar-refractivity contribution in [3.05, 3.63) is 36.7 Å². The van der Waals surface area contributed by atoms with Gasteiger partial charge in [-0.15, -0.1) is 0 Å². The Hall–Kier alpha value is -3.40. The number of aliphatic hydroxyl groups excluding tert-OH is 2. The molecule has 1 aromatic carbocycles. The molecule has 0 radical (unpaired) electrons. The Morgan fingerprint density at radius 1 is 1.28 bits per heavy atom. The number of anilines is 2. The van der Waals surface area contributed by atoms with Crippen LogP contribution in [0, 0.1) is 0 Å². The number of imidazole rings is 1. The monoisotopic (exact) mass is 623 g/mol. The molecule has 1 saturated heterocycles. The number of hydrogen-bond donors (Lipinski definition) is 5. The normalized spacial score (nSPS) is 25.9. The highest BCUT2D eigenvalue weighted by Crippen LogP contribution is 2.48. The van der Waals surface area contributed by atoms with E-state index in [4.69, 9.17) is 24.3 Å². The van der Waals surface area contributed by atoms with Crippen LogP contribution in [0.3, 0.4) is 0 Å². The topological polar surface area (TPSA) is 205 Å². The highest BCUT2D eigenvalue weighted by atomic mass is 31.2. The van der Waals surface area contributed by atoms with Crippen molar-refractivity contribution in [2.75, 3.05) is 24.3 Å². The summed E-state index contributed by atoms with van der Waals surface area (Å²) >= 11 is 0. The molecule has 2 aliphatic rings. The van der Waals surface area contributed by atoms with Gasteiger partial charge in [0, 0.05) is 6.04 Å². The van der Waals surface area contributed by atoms with Gasteiger partial charge >= 0.3 is 13.7 Å². The van der Waals surface area contributed by atoms with Gasteiger partial charge in [-0.2, -0.15) is 15.1 Å². The van der Waals surface area contributed by atoms with Gasteiger partial charge in [0.25, 0.3) is 0 Å². The standard InChI is InChI=1S/C26H35FN7O8P/c1-14(2)40-23(37)15(3)33-43(38,42-17-7-5-4-6-8-17)39-11-18-20(36)26(27,12-35)24(41-18)34-13-29-19-21(30-16-9-10-16)31-25(28)32-22(19)34/h4-8,13-16,18,20,24,35-36H,9-12H2,1-3H3,(H,33,38)(H3,28,30,31,32)/t15-,18-,20-,24-,26-,43?/m1/s1. The van der Waals surface area contributed by atoms with Gasteiger partial charge < -0.3 is 35.3 Å². The van der Waals surface area contributed by atoms with Crippen molar-refractivity contribution >= 4 is 36.6 Å². The second-order valence-corrected chi connectivity index (χ2v) is 12.5. The molecule has 1 saturated carbocycles. The summed E-state index contributed by atoms with van der Waals surface area (Å²) in [5, 5.41) is 26.8. The lowest BCUT2D eigenvalue weighted by atomic mass is 9.97. The molecule has 1 aliphatic heterocycles. The van der Waals surface area contributed by atoms with Crippen LogP contribution in [0.15, 0.2) is 36.7 Å². The van der Waals surface area contributed by atoms with Crippen molar-refractivity contribution in [3.63, 3.8) is 0 Å². The van der Waals surface area contributed by atoms with Crippen LogP contribution in [0.25, 0.3) is 11.2 Å². The molecule has 6 atom stereocenters. The first-order valence-corrected chi connectivity index (χ1v) is 15.3. The molecule has 43 heavy (non-hydrogen) atoms. The van der Waals surface area contributed by atoms with Crippen molar-refractivity contribution < 1.29 is 42.5 Å². The number of aromatic nitrogens is 4. The number of alkyl halides is 1. The molecule has 1 aliphatic carbocycles. The fraction of sp³-hybridized carbons (Fsp3) is 0.538. The van der Waals surface area contributed by atoms with E-state index in [-0.39, 0.29) is 23.4 Å². The minimum Gasteiger partial charge on any atom is -0.462 e. The molecular weight excluding hydrogens is 588 g/mol. The maximum absolute atomic E-state index is 16.3. The quantitative estimate of drug-likeness (QED) is 0.137. The van der Waals surface area contributed by atoms with Crippen molar-refractivity contribution in [1.29, 1.82) is 0 Å². The molecule has 3 heterocycles. The number of ether oxygens (including phenoxy) is 2. The number of halogens is 1. The SMILES string of the molecule is CC(C)OC(=O)[C@@H](C)NP(=O)(OC[C@H]1O[C@@H](n2cnc3c(NC4CC4)nc(N)nc32)[C@@](F)(CO)[C@@H]1O)Oc1ccccc1. The van der Waals surface area contributed by atoms with Crippen LogP contribution in [0.2, 0.25) is 0 Å². The van der Waals surface area contributed by atoms with Crippen molar-refractivity contribution in [2.45, 2.75) is 75.9 Å². The van der Waals surface area contributed by atoms with Gasteiger partial charge in [0.1, 0.15) is 24.0 Å². The summed E-state index contributed by atoms with van der Waals surface area (Å²) in [5.41, 5.74) is 3.57. The number of fused-ring (bicyclic) bond motifs is 1. The lowest BCUT2D eigenvalue weighted by Gasteiger charge is -2.27. The highest BCUT2D eigenvalue weighted by molar-refractivity contribution is 7.52. The van der Waals surface area contributed by atoms with E-state index in [1.165, 1.54) is 30.0 Å². The molecule has 3 aromatic rings. The van der Waals surface area contributed by atoms with Crippen LogP contribution in [0.4, 0.5) is 16.2 Å². The van der Waals surface area contributed by atoms with Gasteiger partial charge in [0.15, 0.2) is 23.2 Å². The average Bonchev–Trinajstić information content (AvgIpc) is 3.62. The number of nitrogens with two attached hydrogens (primary N) is 1. The first-order chi connectivity index (χ1) is 20.4. The van der Waals surface area contributed by atoms with Gasteiger partial charge in [-0.05, 0) is 45.7 Å². The Morgan fingerprint density at radius 2 is 2.00 bits per heavy atom. The van der Waals surface area contributed by atoms with Crippen LogP contribution < -0.4 is 20.7 Å². The summed E-state index contributed by atoms with van der Waals surface area (Å²) < 4.78 is 53.5. The molecule has 2 aromatic heterocycles. The van der Waals surface area contributed by atoms with Gasteiger partial charge in [-0.25, -0.2) is 13.9 Å². The van der Waals surface area contributed by atoms with Crippen molar-refractivity contribution in [2.24, 2.45) is 0 Å². The smallest absolute Gasteiger partial charge is 0.459 e. The van der Waals surface area contributed by atoms with Gasteiger partial charge in [-0.1, -0.05) is 18.2 Å². The number of carbonyl (C=O) groups excluding carboxylic acids is 1. The lowest BCUT2D eigenvalue weighted by molar-refractivity contribution is -0.149. The van der Waals surface area contributed by atoms with E-state index in [2.05, 4.69) is 25.4 Å². The number of rotatable bonds is 13. The first kappa shape index (κ1) is 31.0. The van der Waals surface area contributed by atoms with E-state index in [0.717, 1.165) is 12.8 Å². The largest absolute Gasteiger partial charge is 0.462 e. The summed E-state index contributed by atoms with van der Waals surface area (Å²) in [7, 11) is -4.36. The van der Waals surface area contributed by atoms with Gasteiger partial charge in [0.2, 0.25) is 11.6 Å². The fourth-order valence-electron chi connectivity index (χ4n) is 4.54. The van der Waals surface area contributed by atoms with E-state index in [9.17, 15) is 19.6 Å². The number of nitrogens with zero attached hydrogens (tertiary/aromatic N) is 4. The van der Waals surface area contributed by atoms with Crippen LogP contribution in [0.1, 0.15) is 39.8 Å². The van der Waals surface area contributed by atoms with E-state index >= 15 is 4.39 Å². The first-order valence-electron chi connectivity index (χ1n) is 13.8. The summed E-state index contributed by atoms with van der Waals surface area (Å²) in [6, 6.07) is 7.13. The summed E-state index contributed by atoms with van der Waals surface area (Å²) in [4.78, 5) is 25.1. The molecule has 234 valence electrons. The molecular formula is C26H35FN7O8P. The predicted molar refractivity (Wildman–Crippen MR) is 152 cm³/mol. The van der Waals surface area contributed by atoms with Crippen LogP contribution in [-0.4, -0.2) is 85.0 Å². The minimum absolute atomic E-state index is 0.0977. The van der Waals surface area contributed by atoms with E-state index < -0.39 is 63.2 Å². The van der Waals surface area contributed by atoms with Gasteiger partial charge in [0.05, 0.1) is 25.6 Å². The number of hydrogen-bond acceptors (Lipinski definition) is 13. The number of para-hydroxylation sites is 1. The number of benzene rings is 1. The lowest BCUT2D eigenvalue weighted by Crippen LogP contribution is -2.46. The van der Waals surface area contributed by atoms with Crippen LogP contribution in [0.5, 0.6) is 5.75 Å². The number of nitrogens with one attached hydrogen (secondary N) is 2. The third kappa shape index (κ3) is 6.74. The maximum Gasteiger partial charge on any atom is 0.459 e. The molecule has 0 bridgehead atoms. The molecule has 17 heteroatoms. The van der Waals surface area contributed by atoms with Gasteiger partial charge in [-0.3, -0.25) is 13.9 Å². The summed E-state index contributed by atoms with van der Waals surface area (Å²) in [5.74, 6) is -0.286. The number of nitrogen functional groups attached to an aromatic ring is 1. The fourth-order valence-corrected chi connectivity index (χ4v) is 6.04. The Kier molecular flexibility index (Phi) is 8.88. The Bertz CT molecular complexity index is 1490. The third-order valence-corrected chi connectivity index (χ3v) is 8.49. The zero-order valence-electron chi connectivity index (χ0n) is 23.8. The highest BCUT2D eigenvalue weighted by Gasteiger charge is 2.59. The van der Waals surface area contributed by atoms with E-state index in [0.29, 0.717) is 11.3 Å². The molecule has 0 amide bonds. The Labute approximate surface area is 246 Å². The third-order valence-electron chi connectivity index (χ3n) is 6.84. The molecule has 1 unspecified atom stereocenters. The second kappa shape index (κ2) is 12.3. The number of carbonyl (C=O) groups is 1. The Balaban J connectivity index is 1.38. The molecule has 15 nitrogen and oxygen atoms in total. The van der Waals surface area contributed by atoms with Crippen molar-refractivity contribution in [1.82, 2.24) is 24.6 Å². The maximum atomic E-state index is 16.3. The predicted octanol–water partition coefficient (Wildman–Crippen LogP) is 2.08. The van der Waals surface area contributed by atoms with Crippen LogP contribution >= 0.6 is 7.75 Å². The molecule has 2 fully saturated rings. The Morgan fingerprint density at radius 3 is 2.65 bits per heavy atom. The average molecular weight is 624 g/mol. The minimum atomic E-state index is -4.36. The second-order valence-electron chi connectivity index (χ2n) is 10.8. The van der Waals surface area contributed by atoms with E-state index in [1.807, 2.05) is 0 Å². The van der Waals surface area contributed by atoms with Crippen LogP contribution in [-0.2, 0) is 23.4 Å².